The fraction of sp³-hybridized carbons (Fsp3) is 0.625. The highest BCUT2D eigenvalue weighted by Crippen LogP contribution is 2.57. The van der Waals surface area contributed by atoms with Crippen LogP contribution in [0.2, 0.25) is 0 Å². The first-order valence-electron chi connectivity index (χ1n) is 7.20. The monoisotopic (exact) mass is 245 g/mol. The van der Waals surface area contributed by atoms with Crippen molar-refractivity contribution < 1.29 is 4.74 Å². The van der Waals surface area contributed by atoms with Gasteiger partial charge in [-0.3, -0.25) is 0 Å². The van der Waals surface area contributed by atoms with Gasteiger partial charge in [0.1, 0.15) is 5.75 Å². The first kappa shape index (κ1) is 12.0. The SMILES string of the molecule is NCC1(CCOc2ccccc2)CC2CCC1C2. The number of benzene rings is 1. The maximum atomic E-state index is 6.08. The molecule has 2 saturated carbocycles. The van der Waals surface area contributed by atoms with E-state index in [1.807, 2.05) is 30.3 Å². The van der Waals surface area contributed by atoms with Gasteiger partial charge in [0.25, 0.3) is 0 Å². The fourth-order valence-electron chi connectivity index (χ4n) is 4.11. The van der Waals surface area contributed by atoms with E-state index in [1.165, 1.54) is 25.7 Å². The lowest BCUT2D eigenvalue weighted by atomic mass is 9.71. The first-order valence-corrected chi connectivity index (χ1v) is 7.20. The Morgan fingerprint density at radius 3 is 2.67 bits per heavy atom. The Morgan fingerprint density at radius 1 is 1.22 bits per heavy atom. The molecule has 2 nitrogen and oxygen atoms in total. The second-order valence-corrected chi connectivity index (χ2v) is 6.06. The minimum absolute atomic E-state index is 0.387. The zero-order chi connectivity index (χ0) is 12.4. The highest BCUT2D eigenvalue weighted by atomic mass is 16.5. The molecule has 2 aliphatic carbocycles. The summed E-state index contributed by atoms with van der Waals surface area (Å²) >= 11 is 0. The molecule has 18 heavy (non-hydrogen) atoms. The molecule has 2 bridgehead atoms. The predicted octanol–water partition coefficient (Wildman–Crippen LogP) is 3.22. The van der Waals surface area contributed by atoms with E-state index in [-0.39, 0.29) is 0 Å². The highest BCUT2D eigenvalue weighted by Gasteiger charge is 2.49. The van der Waals surface area contributed by atoms with Crippen LogP contribution in [-0.2, 0) is 0 Å². The van der Waals surface area contributed by atoms with Gasteiger partial charge < -0.3 is 10.5 Å². The van der Waals surface area contributed by atoms with Gasteiger partial charge in [0.05, 0.1) is 6.61 Å². The summed E-state index contributed by atoms with van der Waals surface area (Å²) < 4.78 is 5.85. The number of hydrogen-bond donors (Lipinski definition) is 1. The normalized spacial score (nSPS) is 33.8. The first-order chi connectivity index (χ1) is 8.82. The van der Waals surface area contributed by atoms with Gasteiger partial charge in [-0.1, -0.05) is 24.6 Å². The smallest absolute Gasteiger partial charge is 0.119 e. The summed E-state index contributed by atoms with van der Waals surface area (Å²) in [5.41, 5.74) is 6.47. The average Bonchev–Trinajstić information content (AvgIpc) is 3.01. The van der Waals surface area contributed by atoms with E-state index in [0.29, 0.717) is 5.41 Å². The van der Waals surface area contributed by atoms with Crippen molar-refractivity contribution in [1.29, 1.82) is 0 Å². The number of fused-ring (bicyclic) bond motifs is 2. The molecule has 0 saturated heterocycles. The maximum Gasteiger partial charge on any atom is 0.119 e. The molecule has 2 fully saturated rings. The van der Waals surface area contributed by atoms with Gasteiger partial charge in [-0.15, -0.1) is 0 Å². The molecule has 0 spiro atoms. The second-order valence-electron chi connectivity index (χ2n) is 6.06. The summed E-state index contributed by atoms with van der Waals surface area (Å²) in [4.78, 5) is 0. The standard InChI is InChI=1S/C16H23NO/c17-12-16(11-13-6-7-14(16)10-13)8-9-18-15-4-2-1-3-5-15/h1-5,13-14H,6-12,17H2. The Hall–Kier alpha value is -1.02. The van der Waals surface area contributed by atoms with Crippen molar-refractivity contribution in [2.75, 3.05) is 13.2 Å². The Labute approximate surface area is 110 Å². The molecule has 2 N–H and O–H groups in total. The quantitative estimate of drug-likeness (QED) is 0.864. The van der Waals surface area contributed by atoms with Crippen molar-refractivity contribution >= 4 is 0 Å². The van der Waals surface area contributed by atoms with Gasteiger partial charge in [0.2, 0.25) is 0 Å². The third-order valence-electron chi connectivity index (χ3n) is 5.12. The topological polar surface area (TPSA) is 35.2 Å². The van der Waals surface area contributed by atoms with Crippen LogP contribution in [0.4, 0.5) is 0 Å². The molecule has 2 heteroatoms. The van der Waals surface area contributed by atoms with Crippen molar-refractivity contribution in [3.63, 3.8) is 0 Å². The number of ether oxygens (including phenoxy) is 1. The minimum Gasteiger partial charge on any atom is -0.494 e. The zero-order valence-electron chi connectivity index (χ0n) is 11.0. The Balaban J connectivity index is 1.56. The molecule has 0 amide bonds. The highest BCUT2D eigenvalue weighted by molar-refractivity contribution is 5.20. The number of rotatable bonds is 5. The van der Waals surface area contributed by atoms with Crippen molar-refractivity contribution in [3.05, 3.63) is 30.3 Å². The van der Waals surface area contributed by atoms with Crippen LogP contribution in [0.3, 0.4) is 0 Å². The van der Waals surface area contributed by atoms with Crippen LogP contribution in [0.5, 0.6) is 5.75 Å². The van der Waals surface area contributed by atoms with E-state index < -0.39 is 0 Å². The van der Waals surface area contributed by atoms with Crippen LogP contribution < -0.4 is 10.5 Å². The molecule has 98 valence electrons. The molecular formula is C16H23NO. The lowest BCUT2D eigenvalue weighted by Gasteiger charge is -2.36. The number of nitrogens with two attached hydrogens (primary N) is 1. The molecule has 3 atom stereocenters. The van der Waals surface area contributed by atoms with Gasteiger partial charge in [0.15, 0.2) is 0 Å². The molecule has 3 rings (SSSR count). The summed E-state index contributed by atoms with van der Waals surface area (Å²) in [5.74, 6) is 2.80. The molecular weight excluding hydrogens is 222 g/mol. The van der Waals surface area contributed by atoms with E-state index >= 15 is 0 Å². The van der Waals surface area contributed by atoms with Gasteiger partial charge in [-0.05, 0) is 61.6 Å². The van der Waals surface area contributed by atoms with Crippen molar-refractivity contribution in [2.45, 2.75) is 32.1 Å². The van der Waals surface area contributed by atoms with Crippen LogP contribution in [0.1, 0.15) is 32.1 Å². The Morgan fingerprint density at radius 2 is 2.06 bits per heavy atom. The summed E-state index contributed by atoms with van der Waals surface area (Å²) in [6, 6.07) is 10.1. The van der Waals surface area contributed by atoms with Crippen molar-refractivity contribution in [1.82, 2.24) is 0 Å². The molecule has 1 aromatic rings. The molecule has 2 aliphatic rings. The van der Waals surface area contributed by atoms with E-state index in [0.717, 1.165) is 37.2 Å². The number of hydrogen-bond acceptors (Lipinski definition) is 2. The van der Waals surface area contributed by atoms with E-state index in [1.54, 1.807) is 0 Å². The predicted molar refractivity (Wildman–Crippen MR) is 73.5 cm³/mol. The van der Waals surface area contributed by atoms with E-state index in [2.05, 4.69) is 0 Å². The van der Waals surface area contributed by atoms with Crippen LogP contribution >= 0.6 is 0 Å². The molecule has 0 heterocycles. The Bertz CT molecular complexity index is 391. The van der Waals surface area contributed by atoms with Gasteiger partial charge in [-0.2, -0.15) is 0 Å². The van der Waals surface area contributed by atoms with Gasteiger partial charge in [-0.25, -0.2) is 0 Å². The molecule has 1 aromatic carbocycles. The zero-order valence-corrected chi connectivity index (χ0v) is 11.0. The van der Waals surface area contributed by atoms with Crippen LogP contribution in [0, 0.1) is 17.3 Å². The van der Waals surface area contributed by atoms with Crippen molar-refractivity contribution in [2.24, 2.45) is 23.0 Å². The third kappa shape index (κ3) is 2.14. The summed E-state index contributed by atoms with van der Waals surface area (Å²) in [7, 11) is 0. The van der Waals surface area contributed by atoms with Crippen LogP contribution in [-0.4, -0.2) is 13.2 Å². The molecule has 0 radical (unpaired) electrons. The fourth-order valence-corrected chi connectivity index (χ4v) is 4.11. The molecule has 3 unspecified atom stereocenters. The summed E-state index contributed by atoms with van der Waals surface area (Å²) in [6.07, 6.45) is 6.72. The number of para-hydroxylation sites is 1. The summed E-state index contributed by atoms with van der Waals surface area (Å²) in [6.45, 7) is 1.65. The van der Waals surface area contributed by atoms with E-state index in [4.69, 9.17) is 10.5 Å². The Kier molecular flexibility index (Phi) is 3.29. The van der Waals surface area contributed by atoms with Gasteiger partial charge in [0, 0.05) is 0 Å². The second kappa shape index (κ2) is 4.93. The molecule has 0 aliphatic heterocycles. The third-order valence-corrected chi connectivity index (χ3v) is 5.12. The summed E-state index contributed by atoms with van der Waals surface area (Å²) in [5, 5.41) is 0. The lowest BCUT2D eigenvalue weighted by Crippen LogP contribution is -2.37. The average molecular weight is 245 g/mol. The van der Waals surface area contributed by atoms with Crippen LogP contribution in [0.15, 0.2) is 30.3 Å². The van der Waals surface area contributed by atoms with Gasteiger partial charge >= 0.3 is 0 Å². The van der Waals surface area contributed by atoms with Crippen molar-refractivity contribution in [3.8, 4) is 5.75 Å². The van der Waals surface area contributed by atoms with Crippen LogP contribution in [0.25, 0.3) is 0 Å². The minimum atomic E-state index is 0.387. The molecule has 0 aromatic heterocycles. The lowest BCUT2D eigenvalue weighted by molar-refractivity contribution is 0.125. The maximum absolute atomic E-state index is 6.08. The largest absolute Gasteiger partial charge is 0.494 e. The van der Waals surface area contributed by atoms with E-state index in [9.17, 15) is 0 Å².